The molecule has 4 nitrogen and oxygen atoms in total. The molecule has 2 aromatic carbocycles. The number of aryl methyl sites for hydroxylation is 1. The average molecular weight is 295 g/mol. The molecule has 0 atom stereocenters. The van der Waals surface area contributed by atoms with Gasteiger partial charge in [0.15, 0.2) is 0 Å². The van der Waals surface area contributed by atoms with Crippen molar-refractivity contribution in [3.05, 3.63) is 48.0 Å². The van der Waals surface area contributed by atoms with Crippen molar-refractivity contribution in [2.24, 2.45) is 0 Å². The Kier molecular flexibility index (Phi) is 4.11. The quantitative estimate of drug-likeness (QED) is 0.783. The molecule has 0 aliphatic rings. The van der Waals surface area contributed by atoms with Crippen molar-refractivity contribution < 1.29 is 4.74 Å². The summed E-state index contributed by atoms with van der Waals surface area (Å²) in [6, 6.07) is 14.2. The van der Waals surface area contributed by atoms with Gasteiger partial charge in [0.1, 0.15) is 18.2 Å². The second-order valence-electron chi connectivity index (χ2n) is 5.73. The molecular weight excluding hydrogens is 274 g/mol. The molecule has 0 fully saturated rings. The normalized spacial score (nSPS) is 11.3. The Morgan fingerprint density at radius 3 is 2.73 bits per heavy atom. The number of hydrogen-bond donors (Lipinski definition) is 1. The molecule has 0 bridgehead atoms. The molecule has 0 radical (unpaired) electrons. The third kappa shape index (κ3) is 3.12. The van der Waals surface area contributed by atoms with Gasteiger partial charge < -0.3 is 14.6 Å². The van der Waals surface area contributed by atoms with E-state index in [-0.39, 0.29) is 0 Å². The lowest BCUT2D eigenvalue weighted by Crippen LogP contribution is -2.19. The van der Waals surface area contributed by atoms with Crippen LogP contribution < -0.4 is 4.74 Å². The third-order valence-electron chi connectivity index (χ3n) is 3.64. The van der Waals surface area contributed by atoms with Crippen molar-refractivity contribution >= 4 is 11.0 Å². The van der Waals surface area contributed by atoms with Crippen LogP contribution in [0.4, 0.5) is 0 Å². The fraction of sp³-hybridized carbons (Fsp3) is 0.278. The molecule has 1 aromatic heterocycles. The van der Waals surface area contributed by atoms with Gasteiger partial charge in [0.05, 0.1) is 11.0 Å². The summed E-state index contributed by atoms with van der Waals surface area (Å²) in [4.78, 5) is 10.2. The molecule has 4 heteroatoms. The summed E-state index contributed by atoms with van der Waals surface area (Å²) in [7, 11) is 4.08. The van der Waals surface area contributed by atoms with E-state index in [1.54, 1.807) is 0 Å². The first-order valence-corrected chi connectivity index (χ1v) is 7.47. The van der Waals surface area contributed by atoms with E-state index < -0.39 is 0 Å². The van der Waals surface area contributed by atoms with Crippen LogP contribution in [0, 0.1) is 6.92 Å². The van der Waals surface area contributed by atoms with Crippen LogP contribution in [0.2, 0.25) is 0 Å². The molecule has 0 saturated carbocycles. The minimum absolute atomic E-state index is 0.676. The van der Waals surface area contributed by atoms with Gasteiger partial charge in [-0.05, 0) is 44.8 Å². The lowest BCUT2D eigenvalue weighted by atomic mass is 10.2. The monoisotopic (exact) mass is 295 g/mol. The third-order valence-corrected chi connectivity index (χ3v) is 3.64. The van der Waals surface area contributed by atoms with Crippen molar-refractivity contribution in [2.75, 3.05) is 27.2 Å². The first kappa shape index (κ1) is 14.6. The molecule has 0 unspecified atom stereocenters. The zero-order valence-corrected chi connectivity index (χ0v) is 13.3. The lowest BCUT2D eigenvalue weighted by molar-refractivity contribution is 0.261. The molecule has 0 spiro atoms. The number of imidazole rings is 1. The molecule has 0 aliphatic carbocycles. The highest BCUT2D eigenvalue weighted by Gasteiger charge is 2.07. The summed E-state index contributed by atoms with van der Waals surface area (Å²) in [6.45, 7) is 3.66. The highest BCUT2D eigenvalue weighted by atomic mass is 16.5. The molecule has 3 rings (SSSR count). The van der Waals surface area contributed by atoms with E-state index in [0.717, 1.165) is 34.7 Å². The van der Waals surface area contributed by atoms with E-state index >= 15 is 0 Å². The number of aromatic amines is 1. The van der Waals surface area contributed by atoms with Crippen molar-refractivity contribution in [3.63, 3.8) is 0 Å². The maximum atomic E-state index is 5.79. The maximum Gasteiger partial charge on any atom is 0.138 e. The molecule has 0 saturated heterocycles. The van der Waals surface area contributed by atoms with Crippen LogP contribution in [0.15, 0.2) is 42.5 Å². The van der Waals surface area contributed by atoms with Gasteiger partial charge in [0.2, 0.25) is 0 Å². The van der Waals surface area contributed by atoms with Crippen LogP contribution >= 0.6 is 0 Å². The van der Waals surface area contributed by atoms with E-state index in [4.69, 9.17) is 4.74 Å². The van der Waals surface area contributed by atoms with Crippen molar-refractivity contribution in [3.8, 4) is 17.1 Å². The average Bonchev–Trinajstić information content (AvgIpc) is 2.93. The van der Waals surface area contributed by atoms with E-state index in [0.29, 0.717) is 6.61 Å². The Morgan fingerprint density at radius 1 is 1.14 bits per heavy atom. The number of rotatable bonds is 5. The number of hydrogen-bond acceptors (Lipinski definition) is 3. The number of benzene rings is 2. The molecule has 1 heterocycles. The van der Waals surface area contributed by atoms with Gasteiger partial charge in [-0.3, -0.25) is 0 Å². The molecule has 0 aliphatic heterocycles. The number of fused-ring (bicyclic) bond motifs is 1. The Morgan fingerprint density at radius 2 is 1.95 bits per heavy atom. The minimum Gasteiger partial charge on any atom is -0.492 e. The molecule has 1 N–H and O–H groups in total. The first-order valence-electron chi connectivity index (χ1n) is 7.47. The zero-order valence-electron chi connectivity index (χ0n) is 13.3. The molecule has 114 valence electrons. The second-order valence-corrected chi connectivity index (χ2v) is 5.73. The van der Waals surface area contributed by atoms with Crippen LogP contribution in [0.1, 0.15) is 5.56 Å². The van der Waals surface area contributed by atoms with E-state index in [1.165, 1.54) is 5.56 Å². The minimum atomic E-state index is 0.676. The summed E-state index contributed by atoms with van der Waals surface area (Å²) in [6.07, 6.45) is 0. The molecule has 22 heavy (non-hydrogen) atoms. The summed E-state index contributed by atoms with van der Waals surface area (Å²) in [5.74, 6) is 1.75. The Labute approximate surface area is 130 Å². The van der Waals surface area contributed by atoms with E-state index in [9.17, 15) is 0 Å². The van der Waals surface area contributed by atoms with Crippen molar-refractivity contribution in [2.45, 2.75) is 6.92 Å². The topological polar surface area (TPSA) is 41.1 Å². The number of para-hydroxylation sites is 1. The highest BCUT2D eigenvalue weighted by Crippen LogP contribution is 2.25. The largest absolute Gasteiger partial charge is 0.492 e. The molecular formula is C18H21N3O. The summed E-state index contributed by atoms with van der Waals surface area (Å²) < 4.78 is 5.79. The van der Waals surface area contributed by atoms with E-state index in [1.807, 2.05) is 50.5 Å². The van der Waals surface area contributed by atoms with Crippen molar-refractivity contribution in [1.29, 1.82) is 0 Å². The van der Waals surface area contributed by atoms with Gasteiger partial charge in [-0.2, -0.15) is 0 Å². The SMILES string of the molecule is Cc1cccc2nc(-c3cccc(OCCN(C)C)c3)[nH]c12. The van der Waals surface area contributed by atoms with Gasteiger partial charge in [-0.1, -0.05) is 24.3 Å². The molecule has 0 amide bonds. The number of likely N-dealkylation sites (N-methyl/N-ethyl adjacent to an activating group) is 1. The van der Waals surface area contributed by atoms with Gasteiger partial charge in [-0.25, -0.2) is 4.98 Å². The summed E-state index contributed by atoms with van der Waals surface area (Å²) in [5, 5.41) is 0. The van der Waals surface area contributed by atoms with Gasteiger partial charge in [0, 0.05) is 12.1 Å². The predicted octanol–water partition coefficient (Wildman–Crippen LogP) is 3.48. The predicted molar refractivity (Wildman–Crippen MR) is 90.3 cm³/mol. The van der Waals surface area contributed by atoms with Gasteiger partial charge in [-0.15, -0.1) is 0 Å². The first-order chi connectivity index (χ1) is 10.6. The van der Waals surface area contributed by atoms with Crippen LogP contribution in [0.25, 0.3) is 22.4 Å². The summed E-state index contributed by atoms with van der Waals surface area (Å²) in [5.41, 5.74) is 4.33. The zero-order chi connectivity index (χ0) is 15.5. The Hall–Kier alpha value is -2.33. The fourth-order valence-electron chi connectivity index (χ4n) is 2.39. The fourth-order valence-corrected chi connectivity index (χ4v) is 2.39. The van der Waals surface area contributed by atoms with Gasteiger partial charge in [0.25, 0.3) is 0 Å². The highest BCUT2D eigenvalue weighted by molar-refractivity contribution is 5.82. The van der Waals surface area contributed by atoms with Crippen molar-refractivity contribution in [1.82, 2.24) is 14.9 Å². The van der Waals surface area contributed by atoms with E-state index in [2.05, 4.69) is 27.9 Å². The van der Waals surface area contributed by atoms with Crippen LogP contribution in [0.3, 0.4) is 0 Å². The lowest BCUT2D eigenvalue weighted by Gasteiger charge is -2.11. The standard InChI is InChI=1S/C18H21N3O/c1-13-6-4-9-16-17(13)20-18(19-16)14-7-5-8-15(12-14)22-11-10-21(2)3/h4-9,12H,10-11H2,1-3H3,(H,19,20). The Bertz CT molecular complexity index is 777. The van der Waals surface area contributed by atoms with Crippen LogP contribution in [-0.4, -0.2) is 42.1 Å². The number of ether oxygens (including phenoxy) is 1. The van der Waals surface area contributed by atoms with Gasteiger partial charge >= 0.3 is 0 Å². The second kappa shape index (κ2) is 6.20. The smallest absolute Gasteiger partial charge is 0.138 e. The number of H-pyrrole nitrogens is 1. The van der Waals surface area contributed by atoms with Crippen LogP contribution in [-0.2, 0) is 0 Å². The molecule has 3 aromatic rings. The summed E-state index contributed by atoms with van der Waals surface area (Å²) >= 11 is 0. The maximum absolute atomic E-state index is 5.79. The number of nitrogens with one attached hydrogen (secondary N) is 1. The number of nitrogens with zero attached hydrogens (tertiary/aromatic N) is 2. The Balaban J connectivity index is 1.85. The van der Waals surface area contributed by atoms with Crippen LogP contribution in [0.5, 0.6) is 5.75 Å². The number of aromatic nitrogens is 2.